The molecule has 1 aromatic heterocycles. The van der Waals surface area contributed by atoms with Crippen LogP contribution < -0.4 is 15.0 Å². The van der Waals surface area contributed by atoms with E-state index >= 15 is 0 Å². The molecule has 4 rings (SSSR count). The van der Waals surface area contributed by atoms with Gasteiger partial charge in [-0.2, -0.15) is 5.10 Å². The van der Waals surface area contributed by atoms with E-state index in [2.05, 4.69) is 15.4 Å². The molecule has 2 aliphatic rings. The summed E-state index contributed by atoms with van der Waals surface area (Å²) in [5, 5.41) is 8.10. The molecule has 0 bridgehead atoms. The highest BCUT2D eigenvalue weighted by atomic mass is 35.5. The first-order chi connectivity index (χ1) is 17.3. The minimum Gasteiger partial charge on any atom is -0.495 e. The molecule has 1 amide bonds. The average Bonchev–Trinajstić information content (AvgIpc) is 3.47. The number of hydrogen-bond donors (Lipinski definition) is 1. The Morgan fingerprint density at radius 3 is 2.83 bits per heavy atom. The molecule has 2 unspecified atom stereocenters. The van der Waals surface area contributed by atoms with E-state index in [0.717, 1.165) is 12.0 Å². The Morgan fingerprint density at radius 1 is 1.39 bits per heavy atom. The maximum atomic E-state index is 11.9. The fourth-order valence-electron chi connectivity index (χ4n) is 4.19. The molecule has 0 saturated carbocycles. The summed E-state index contributed by atoms with van der Waals surface area (Å²) >= 11 is 13.4. The first kappa shape index (κ1) is 25.9. The van der Waals surface area contributed by atoms with Crippen molar-refractivity contribution in [2.45, 2.75) is 45.3 Å². The van der Waals surface area contributed by atoms with Gasteiger partial charge in [-0.1, -0.05) is 36.2 Å². The standard InChI is InChI=1S/C25H29Cl2N7O2/c1-5-6-19-25(32-20(12-28-19)16-11-29-33(3)13-16)30-15(2)34(14-17-7-10-22(35)31-17)24-18(26)8-9-21(36-4)23(24)27/h6,8-9,11-13,15,17H,5,7,10,14H2,1-4H3,(H,31,35)/b19-6+,30-25?. The molecule has 1 saturated heterocycles. The topological polar surface area (TPSA) is 96.5 Å². The molecular weight excluding hydrogens is 501 g/mol. The first-order valence-corrected chi connectivity index (χ1v) is 12.5. The summed E-state index contributed by atoms with van der Waals surface area (Å²) in [7, 11) is 3.41. The van der Waals surface area contributed by atoms with Crippen molar-refractivity contribution in [1.29, 1.82) is 0 Å². The maximum absolute atomic E-state index is 11.9. The van der Waals surface area contributed by atoms with Gasteiger partial charge in [-0.25, -0.2) is 9.98 Å². The molecule has 1 N–H and O–H groups in total. The molecule has 190 valence electrons. The third-order valence-electron chi connectivity index (χ3n) is 5.98. The minimum absolute atomic E-state index is 0.0299. The largest absolute Gasteiger partial charge is 0.495 e. The fraction of sp³-hybridized carbons (Fsp3) is 0.400. The number of amides is 1. The van der Waals surface area contributed by atoms with Gasteiger partial charge in [0.15, 0.2) is 5.84 Å². The smallest absolute Gasteiger partial charge is 0.220 e. The van der Waals surface area contributed by atoms with Gasteiger partial charge < -0.3 is 15.0 Å². The van der Waals surface area contributed by atoms with Gasteiger partial charge in [-0.15, -0.1) is 0 Å². The van der Waals surface area contributed by atoms with Crippen LogP contribution >= 0.6 is 23.2 Å². The maximum Gasteiger partial charge on any atom is 0.220 e. The lowest BCUT2D eigenvalue weighted by Crippen LogP contribution is -2.43. The second kappa shape index (κ2) is 11.3. The Bertz CT molecular complexity index is 1270. The third kappa shape index (κ3) is 5.63. The third-order valence-corrected chi connectivity index (χ3v) is 6.65. The van der Waals surface area contributed by atoms with E-state index in [1.54, 1.807) is 36.3 Å². The second-order valence-corrected chi connectivity index (χ2v) is 9.39. The Balaban J connectivity index is 1.76. The van der Waals surface area contributed by atoms with Crippen LogP contribution in [-0.4, -0.2) is 59.3 Å². The van der Waals surface area contributed by atoms with Crippen molar-refractivity contribution >= 4 is 52.6 Å². The van der Waals surface area contributed by atoms with E-state index in [-0.39, 0.29) is 11.9 Å². The number of aromatic nitrogens is 2. The summed E-state index contributed by atoms with van der Waals surface area (Å²) in [5.74, 6) is 1.03. The molecule has 2 atom stereocenters. The number of carbonyl (C=O) groups excluding carboxylic acids is 1. The Labute approximate surface area is 220 Å². The number of ether oxygens (including phenoxy) is 1. The molecule has 0 aliphatic carbocycles. The molecule has 2 aromatic rings. The summed E-state index contributed by atoms with van der Waals surface area (Å²) in [4.78, 5) is 28.3. The van der Waals surface area contributed by atoms with E-state index in [1.807, 2.05) is 38.1 Å². The van der Waals surface area contributed by atoms with E-state index in [4.69, 9.17) is 37.9 Å². The SMILES string of the molecule is CC/C=C1/N=CC(c2cnn(C)c2)=NC1=NC(C)N(CC1CCC(=O)N1)c1c(Cl)ccc(OC)c1Cl. The van der Waals surface area contributed by atoms with Gasteiger partial charge in [-0.05, 0) is 31.9 Å². The van der Waals surface area contributed by atoms with Crippen LogP contribution in [-0.2, 0) is 11.8 Å². The van der Waals surface area contributed by atoms with Gasteiger partial charge in [0.2, 0.25) is 5.91 Å². The molecular formula is C25H29Cl2N7O2. The first-order valence-electron chi connectivity index (χ1n) is 11.8. The number of benzene rings is 1. The van der Waals surface area contributed by atoms with Crippen molar-refractivity contribution in [3.8, 4) is 5.75 Å². The van der Waals surface area contributed by atoms with Gasteiger partial charge in [0.1, 0.15) is 22.6 Å². The zero-order chi connectivity index (χ0) is 25.8. The van der Waals surface area contributed by atoms with E-state index < -0.39 is 6.17 Å². The van der Waals surface area contributed by atoms with Crippen LogP contribution in [0.15, 0.2) is 51.3 Å². The van der Waals surface area contributed by atoms with E-state index in [9.17, 15) is 4.79 Å². The van der Waals surface area contributed by atoms with Crippen LogP contribution in [0.3, 0.4) is 0 Å². The van der Waals surface area contributed by atoms with Gasteiger partial charge in [0, 0.05) is 37.8 Å². The average molecular weight is 530 g/mol. The van der Waals surface area contributed by atoms with Crippen LogP contribution in [0.25, 0.3) is 0 Å². The Morgan fingerprint density at radius 2 is 2.19 bits per heavy atom. The van der Waals surface area contributed by atoms with E-state index in [0.29, 0.717) is 58.1 Å². The Kier molecular flexibility index (Phi) is 8.11. The number of methoxy groups -OCH3 is 1. The van der Waals surface area contributed by atoms with Crippen molar-refractivity contribution in [2.24, 2.45) is 22.0 Å². The molecule has 1 aromatic carbocycles. The van der Waals surface area contributed by atoms with Crippen molar-refractivity contribution in [3.63, 3.8) is 0 Å². The molecule has 1 fully saturated rings. The monoisotopic (exact) mass is 529 g/mol. The van der Waals surface area contributed by atoms with Crippen molar-refractivity contribution in [1.82, 2.24) is 15.1 Å². The number of nitrogens with zero attached hydrogens (tertiary/aromatic N) is 6. The molecule has 36 heavy (non-hydrogen) atoms. The number of aliphatic imine (C=N–C) groups is 3. The van der Waals surface area contributed by atoms with Gasteiger partial charge in [0.05, 0.1) is 35.9 Å². The van der Waals surface area contributed by atoms with Gasteiger partial charge in [-0.3, -0.25) is 14.5 Å². The van der Waals surface area contributed by atoms with E-state index in [1.165, 1.54) is 0 Å². The second-order valence-electron chi connectivity index (χ2n) is 8.61. The molecule has 0 spiro atoms. The highest BCUT2D eigenvalue weighted by Gasteiger charge is 2.29. The van der Waals surface area contributed by atoms with Crippen LogP contribution in [0.1, 0.15) is 38.7 Å². The summed E-state index contributed by atoms with van der Waals surface area (Å²) in [6.45, 7) is 4.44. The number of allylic oxidation sites excluding steroid dienone is 1. The molecule has 2 aliphatic heterocycles. The predicted molar refractivity (Wildman–Crippen MR) is 145 cm³/mol. The lowest BCUT2D eigenvalue weighted by molar-refractivity contribution is -0.119. The summed E-state index contributed by atoms with van der Waals surface area (Å²) in [6.07, 6.45) is 8.87. The van der Waals surface area contributed by atoms with Crippen molar-refractivity contribution in [3.05, 3.63) is 51.9 Å². The highest BCUT2D eigenvalue weighted by molar-refractivity contribution is 6.42. The van der Waals surface area contributed by atoms with Crippen LogP contribution in [0, 0.1) is 0 Å². The zero-order valence-corrected chi connectivity index (χ0v) is 22.2. The van der Waals surface area contributed by atoms with Crippen molar-refractivity contribution < 1.29 is 9.53 Å². The number of nitrogens with one attached hydrogen (secondary N) is 1. The minimum atomic E-state index is -0.438. The summed E-state index contributed by atoms with van der Waals surface area (Å²) in [6, 6.07) is 3.40. The Hall–Kier alpha value is -3.17. The quantitative estimate of drug-likeness (QED) is 0.546. The normalized spacial score (nSPS) is 20.6. The number of aryl methyl sites for hydroxylation is 1. The molecule has 0 radical (unpaired) electrons. The zero-order valence-electron chi connectivity index (χ0n) is 20.7. The number of hydrogen-bond acceptors (Lipinski definition) is 6. The number of amidine groups is 1. The number of rotatable bonds is 8. The number of halogens is 2. The highest BCUT2D eigenvalue weighted by Crippen LogP contribution is 2.41. The molecule has 11 heteroatoms. The van der Waals surface area contributed by atoms with Gasteiger partial charge >= 0.3 is 0 Å². The number of carbonyl (C=O) groups is 1. The van der Waals surface area contributed by atoms with Crippen LogP contribution in [0.5, 0.6) is 5.75 Å². The lowest BCUT2D eigenvalue weighted by Gasteiger charge is -2.33. The lowest BCUT2D eigenvalue weighted by atomic mass is 10.1. The summed E-state index contributed by atoms with van der Waals surface area (Å²) < 4.78 is 7.16. The summed E-state index contributed by atoms with van der Waals surface area (Å²) in [5.41, 5.74) is 2.80. The molecule has 3 heterocycles. The van der Waals surface area contributed by atoms with Gasteiger partial charge in [0.25, 0.3) is 0 Å². The fourth-order valence-corrected chi connectivity index (χ4v) is 4.85. The van der Waals surface area contributed by atoms with Crippen molar-refractivity contribution in [2.75, 3.05) is 18.6 Å². The molecule has 9 nitrogen and oxygen atoms in total. The van der Waals surface area contributed by atoms with Crippen LogP contribution in [0.4, 0.5) is 5.69 Å². The number of anilines is 1. The van der Waals surface area contributed by atoms with Crippen LogP contribution in [0.2, 0.25) is 10.0 Å². The predicted octanol–water partition coefficient (Wildman–Crippen LogP) is 4.43.